The highest BCUT2D eigenvalue weighted by Crippen LogP contribution is 2.33. The van der Waals surface area contributed by atoms with Crippen molar-refractivity contribution in [3.8, 4) is 0 Å². The first-order chi connectivity index (χ1) is 14.5. The van der Waals surface area contributed by atoms with Crippen LogP contribution in [0.15, 0.2) is 53.4 Å². The summed E-state index contributed by atoms with van der Waals surface area (Å²) in [7, 11) is 0. The average molecular weight is 444 g/mol. The summed E-state index contributed by atoms with van der Waals surface area (Å²) >= 11 is 2.88. The van der Waals surface area contributed by atoms with Crippen molar-refractivity contribution in [3.63, 3.8) is 0 Å². The van der Waals surface area contributed by atoms with Gasteiger partial charge in [-0.3, -0.25) is 19.8 Å². The van der Waals surface area contributed by atoms with Crippen molar-refractivity contribution in [1.82, 2.24) is 4.98 Å². The normalized spacial score (nSPS) is 17.2. The van der Waals surface area contributed by atoms with E-state index in [0.29, 0.717) is 11.7 Å². The van der Waals surface area contributed by atoms with Gasteiger partial charge in [0.2, 0.25) is 5.91 Å². The zero-order chi connectivity index (χ0) is 21.1. The second kappa shape index (κ2) is 9.11. The number of rotatable bonds is 7. The average Bonchev–Trinajstić information content (AvgIpc) is 3.41. The summed E-state index contributed by atoms with van der Waals surface area (Å²) in [6, 6.07) is 14.1. The molecule has 1 fully saturated rings. The van der Waals surface area contributed by atoms with Gasteiger partial charge < -0.3 is 4.74 Å². The minimum atomic E-state index is -0.431. The molecule has 0 saturated carbocycles. The number of nitrogens with zero attached hydrogens (tertiary/aromatic N) is 3. The van der Waals surface area contributed by atoms with E-state index in [1.54, 1.807) is 17.0 Å². The van der Waals surface area contributed by atoms with Crippen molar-refractivity contribution in [1.29, 1.82) is 0 Å². The molecule has 3 aromatic rings. The molecule has 0 aliphatic carbocycles. The number of aromatic nitrogens is 1. The predicted molar refractivity (Wildman–Crippen MR) is 119 cm³/mol. The molecule has 9 heteroatoms. The van der Waals surface area contributed by atoms with E-state index in [2.05, 4.69) is 4.98 Å². The lowest BCUT2D eigenvalue weighted by molar-refractivity contribution is -0.384. The lowest BCUT2D eigenvalue weighted by atomic mass is 10.2. The van der Waals surface area contributed by atoms with Crippen LogP contribution in [0.2, 0.25) is 0 Å². The minimum absolute atomic E-state index is 0.0116. The molecule has 1 amide bonds. The van der Waals surface area contributed by atoms with E-state index in [4.69, 9.17) is 4.74 Å². The molecule has 0 bridgehead atoms. The molecule has 0 radical (unpaired) electrons. The molecule has 30 heavy (non-hydrogen) atoms. The molecule has 0 N–H and O–H groups in total. The van der Waals surface area contributed by atoms with Gasteiger partial charge in [-0.2, -0.15) is 0 Å². The van der Waals surface area contributed by atoms with Gasteiger partial charge in [0, 0.05) is 23.6 Å². The van der Waals surface area contributed by atoms with Gasteiger partial charge in [0.15, 0.2) is 5.13 Å². The van der Waals surface area contributed by atoms with Crippen LogP contribution in [0.25, 0.3) is 10.2 Å². The van der Waals surface area contributed by atoms with Crippen molar-refractivity contribution < 1.29 is 14.5 Å². The SMILES string of the molecule is CC(Sc1ccc([N+](=O)[O-])cc1)C(=O)N(CC1CCCO1)c1nc2ccccc2s1. The summed E-state index contributed by atoms with van der Waals surface area (Å²) in [6.45, 7) is 3.05. The third kappa shape index (κ3) is 4.63. The van der Waals surface area contributed by atoms with Gasteiger partial charge in [-0.25, -0.2) is 4.98 Å². The van der Waals surface area contributed by atoms with Crippen LogP contribution in [0.4, 0.5) is 10.8 Å². The number of nitro groups is 1. The fourth-order valence-corrected chi connectivity index (χ4v) is 5.26. The van der Waals surface area contributed by atoms with Crippen LogP contribution >= 0.6 is 23.1 Å². The quantitative estimate of drug-likeness (QED) is 0.293. The number of thioether (sulfide) groups is 1. The van der Waals surface area contributed by atoms with E-state index in [9.17, 15) is 14.9 Å². The Hall–Kier alpha value is -2.49. The number of hydrogen-bond acceptors (Lipinski definition) is 7. The zero-order valence-electron chi connectivity index (χ0n) is 16.4. The van der Waals surface area contributed by atoms with Crippen LogP contribution < -0.4 is 4.90 Å². The summed E-state index contributed by atoms with van der Waals surface area (Å²) in [4.78, 5) is 31.0. The van der Waals surface area contributed by atoms with Crippen molar-refractivity contribution in [2.75, 3.05) is 18.1 Å². The highest BCUT2D eigenvalue weighted by molar-refractivity contribution is 8.00. The smallest absolute Gasteiger partial charge is 0.269 e. The Morgan fingerprint density at radius 1 is 1.33 bits per heavy atom. The first kappa shape index (κ1) is 20.8. The van der Waals surface area contributed by atoms with Crippen LogP contribution in [0.3, 0.4) is 0 Å². The monoisotopic (exact) mass is 443 g/mol. The Labute approximate surface area is 182 Å². The van der Waals surface area contributed by atoms with Crippen molar-refractivity contribution in [3.05, 3.63) is 58.6 Å². The van der Waals surface area contributed by atoms with Crippen molar-refractivity contribution in [2.24, 2.45) is 0 Å². The topological polar surface area (TPSA) is 85.6 Å². The molecule has 1 aromatic heterocycles. The molecule has 1 saturated heterocycles. The molecule has 2 atom stereocenters. The van der Waals surface area contributed by atoms with Gasteiger partial charge in [-0.1, -0.05) is 23.5 Å². The molecule has 7 nitrogen and oxygen atoms in total. The summed E-state index contributed by atoms with van der Waals surface area (Å²) < 4.78 is 6.81. The number of hydrogen-bond donors (Lipinski definition) is 0. The van der Waals surface area contributed by atoms with Crippen LogP contribution in [-0.4, -0.2) is 40.3 Å². The Morgan fingerprint density at radius 2 is 2.10 bits per heavy atom. The zero-order valence-corrected chi connectivity index (χ0v) is 18.0. The largest absolute Gasteiger partial charge is 0.376 e. The second-order valence-corrected chi connectivity index (χ2v) is 9.48. The maximum absolute atomic E-state index is 13.4. The van der Waals surface area contributed by atoms with E-state index in [1.807, 2.05) is 31.2 Å². The third-order valence-corrected chi connectivity index (χ3v) is 7.06. The minimum Gasteiger partial charge on any atom is -0.376 e. The Balaban J connectivity index is 1.55. The number of nitro benzene ring substituents is 1. The number of amides is 1. The molecule has 2 unspecified atom stereocenters. The molecule has 156 valence electrons. The van der Waals surface area contributed by atoms with Gasteiger partial charge in [0.05, 0.1) is 33.0 Å². The van der Waals surface area contributed by atoms with E-state index in [-0.39, 0.29) is 22.9 Å². The maximum Gasteiger partial charge on any atom is 0.269 e. The molecule has 0 spiro atoms. The number of benzene rings is 2. The second-order valence-electron chi connectivity index (χ2n) is 7.06. The molecule has 2 aromatic carbocycles. The molecular weight excluding hydrogens is 422 g/mol. The molecule has 4 rings (SSSR count). The first-order valence-corrected chi connectivity index (χ1v) is 11.4. The van der Waals surface area contributed by atoms with E-state index >= 15 is 0 Å². The fourth-order valence-electron chi connectivity index (χ4n) is 3.35. The fraction of sp³-hybridized carbons (Fsp3) is 0.333. The number of non-ortho nitro benzene ring substituents is 1. The van der Waals surface area contributed by atoms with Gasteiger partial charge in [-0.15, -0.1) is 11.8 Å². The first-order valence-electron chi connectivity index (χ1n) is 9.71. The van der Waals surface area contributed by atoms with E-state index < -0.39 is 4.92 Å². The lowest BCUT2D eigenvalue weighted by Crippen LogP contribution is -2.41. The summed E-state index contributed by atoms with van der Waals surface area (Å²) in [5.74, 6) is -0.0482. The Bertz CT molecular complexity index is 1010. The van der Waals surface area contributed by atoms with Crippen molar-refractivity contribution in [2.45, 2.75) is 36.0 Å². The number of anilines is 1. The predicted octanol–water partition coefficient (Wildman–Crippen LogP) is 4.90. The third-order valence-electron chi connectivity index (χ3n) is 4.90. The van der Waals surface area contributed by atoms with E-state index in [1.165, 1.54) is 35.2 Å². The highest BCUT2D eigenvalue weighted by Gasteiger charge is 2.29. The lowest BCUT2D eigenvalue weighted by Gasteiger charge is -2.25. The summed E-state index contributed by atoms with van der Waals surface area (Å²) in [6.07, 6.45) is 1.94. The number of carbonyl (C=O) groups is 1. The number of thiazole rings is 1. The number of ether oxygens (including phenoxy) is 1. The van der Waals surface area contributed by atoms with Gasteiger partial charge in [0.1, 0.15) is 0 Å². The number of carbonyl (C=O) groups excluding carboxylic acids is 1. The van der Waals surface area contributed by atoms with Gasteiger partial charge in [-0.05, 0) is 44.0 Å². The molecular formula is C21H21N3O4S2. The number of para-hydroxylation sites is 1. The Morgan fingerprint density at radius 3 is 2.77 bits per heavy atom. The standard InChI is InChI=1S/C21H21N3O4S2/c1-14(29-17-10-8-15(9-11-17)24(26)27)20(25)23(13-16-5-4-12-28-16)21-22-18-6-2-3-7-19(18)30-21/h2-3,6-11,14,16H,4-5,12-13H2,1H3. The van der Waals surface area contributed by atoms with Crippen molar-refractivity contribution >= 4 is 50.0 Å². The summed E-state index contributed by atoms with van der Waals surface area (Å²) in [5.41, 5.74) is 0.908. The Kier molecular flexibility index (Phi) is 6.31. The van der Waals surface area contributed by atoms with Gasteiger partial charge >= 0.3 is 0 Å². The molecule has 1 aliphatic rings. The van der Waals surface area contributed by atoms with Crippen LogP contribution in [0, 0.1) is 10.1 Å². The van der Waals surface area contributed by atoms with Crippen LogP contribution in [0.1, 0.15) is 19.8 Å². The van der Waals surface area contributed by atoms with Gasteiger partial charge in [0.25, 0.3) is 5.69 Å². The summed E-state index contributed by atoms with van der Waals surface area (Å²) in [5, 5.41) is 11.1. The highest BCUT2D eigenvalue weighted by atomic mass is 32.2. The maximum atomic E-state index is 13.4. The van der Waals surface area contributed by atoms with E-state index in [0.717, 1.165) is 34.6 Å². The molecule has 1 aliphatic heterocycles. The van der Waals surface area contributed by atoms with Crippen LogP contribution in [-0.2, 0) is 9.53 Å². The molecule has 2 heterocycles. The number of fused-ring (bicyclic) bond motifs is 1. The van der Waals surface area contributed by atoms with Crippen LogP contribution in [0.5, 0.6) is 0 Å².